The second kappa shape index (κ2) is 5.38. The molecule has 18 heavy (non-hydrogen) atoms. The summed E-state index contributed by atoms with van der Waals surface area (Å²) in [7, 11) is 0. The van der Waals surface area contributed by atoms with Crippen LogP contribution in [0.4, 0.5) is 0 Å². The lowest BCUT2D eigenvalue weighted by atomic mass is 9.88. The van der Waals surface area contributed by atoms with Gasteiger partial charge in [-0.2, -0.15) is 17.0 Å². The van der Waals surface area contributed by atoms with E-state index in [1.54, 1.807) is 0 Å². The van der Waals surface area contributed by atoms with Crippen LogP contribution in [0.2, 0.25) is 0 Å². The summed E-state index contributed by atoms with van der Waals surface area (Å²) < 4.78 is 6.07. The van der Waals surface area contributed by atoms with Gasteiger partial charge in [0.25, 0.3) is 0 Å². The predicted molar refractivity (Wildman–Crippen MR) is 72.6 cm³/mol. The van der Waals surface area contributed by atoms with Crippen LogP contribution in [0.5, 0.6) is 0 Å². The summed E-state index contributed by atoms with van der Waals surface area (Å²) in [4.78, 5) is 2.42. The Balaban J connectivity index is 1.69. The fourth-order valence-electron chi connectivity index (χ4n) is 3.43. The van der Waals surface area contributed by atoms with Gasteiger partial charge in [-0.05, 0) is 25.0 Å². The van der Waals surface area contributed by atoms with Crippen LogP contribution in [0.3, 0.4) is 0 Å². The van der Waals surface area contributed by atoms with Gasteiger partial charge < -0.3 is 10.1 Å². The summed E-state index contributed by atoms with van der Waals surface area (Å²) >= 11 is 2.01. The molecular weight excluding hydrogens is 246 g/mol. The third-order valence-corrected chi connectivity index (χ3v) is 5.66. The van der Waals surface area contributed by atoms with Crippen molar-refractivity contribution in [2.75, 3.05) is 37.7 Å². The SMILES string of the molecule is N#CC1CNCCN1C1CCOC2(CCSC2)C1. The van der Waals surface area contributed by atoms with Gasteiger partial charge in [0.15, 0.2) is 0 Å². The van der Waals surface area contributed by atoms with Gasteiger partial charge in [0, 0.05) is 38.0 Å². The van der Waals surface area contributed by atoms with Crippen molar-refractivity contribution in [1.29, 1.82) is 5.26 Å². The summed E-state index contributed by atoms with van der Waals surface area (Å²) in [5, 5.41) is 12.6. The van der Waals surface area contributed by atoms with E-state index in [2.05, 4.69) is 16.3 Å². The van der Waals surface area contributed by atoms with Crippen molar-refractivity contribution < 1.29 is 4.74 Å². The van der Waals surface area contributed by atoms with Gasteiger partial charge in [-0.3, -0.25) is 4.90 Å². The van der Waals surface area contributed by atoms with E-state index >= 15 is 0 Å². The molecule has 0 aromatic carbocycles. The minimum Gasteiger partial charge on any atom is -0.374 e. The topological polar surface area (TPSA) is 48.3 Å². The number of thioether (sulfide) groups is 1. The number of piperazine rings is 1. The van der Waals surface area contributed by atoms with Gasteiger partial charge in [-0.1, -0.05) is 0 Å². The van der Waals surface area contributed by atoms with Gasteiger partial charge in [0.1, 0.15) is 6.04 Å². The maximum absolute atomic E-state index is 9.28. The monoisotopic (exact) mass is 267 g/mol. The molecule has 0 radical (unpaired) electrons. The van der Waals surface area contributed by atoms with Crippen molar-refractivity contribution in [3.05, 3.63) is 0 Å². The number of rotatable bonds is 1. The number of nitriles is 1. The average Bonchev–Trinajstić information content (AvgIpc) is 2.86. The third-order valence-electron chi connectivity index (χ3n) is 4.44. The van der Waals surface area contributed by atoms with Crippen LogP contribution >= 0.6 is 11.8 Å². The second-order valence-corrected chi connectivity index (χ2v) is 6.67. The number of hydrogen-bond acceptors (Lipinski definition) is 5. The number of nitrogens with one attached hydrogen (secondary N) is 1. The second-order valence-electron chi connectivity index (χ2n) is 5.57. The molecule has 0 amide bonds. The average molecular weight is 267 g/mol. The maximum atomic E-state index is 9.28. The molecule has 3 heterocycles. The van der Waals surface area contributed by atoms with E-state index in [4.69, 9.17) is 4.74 Å². The smallest absolute Gasteiger partial charge is 0.111 e. The Hall–Kier alpha value is -0.280. The van der Waals surface area contributed by atoms with Crippen molar-refractivity contribution in [2.45, 2.75) is 36.9 Å². The quantitative estimate of drug-likeness (QED) is 0.763. The molecule has 0 aliphatic carbocycles. The standard InChI is InChI=1S/C13H21N3OS/c14-8-12-9-15-3-4-16(12)11-1-5-17-13(7-11)2-6-18-10-13/h11-12,15H,1-7,9-10H2. The number of nitrogens with zero attached hydrogens (tertiary/aromatic N) is 2. The predicted octanol–water partition coefficient (Wildman–Crippen LogP) is 0.838. The van der Waals surface area contributed by atoms with E-state index in [0.29, 0.717) is 6.04 Å². The Kier molecular flexibility index (Phi) is 3.81. The third kappa shape index (κ3) is 2.39. The zero-order valence-electron chi connectivity index (χ0n) is 10.7. The zero-order chi connectivity index (χ0) is 12.4. The van der Waals surface area contributed by atoms with Gasteiger partial charge in [-0.15, -0.1) is 0 Å². The van der Waals surface area contributed by atoms with Crippen LogP contribution in [-0.4, -0.2) is 60.3 Å². The van der Waals surface area contributed by atoms with Crippen LogP contribution in [0.25, 0.3) is 0 Å². The molecule has 0 aromatic heterocycles. The van der Waals surface area contributed by atoms with E-state index in [9.17, 15) is 5.26 Å². The van der Waals surface area contributed by atoms with Gasteiger partial charge >= 0.3 is 0 Å². The van der Waals surface area contributed by atoms with Gasteiger partial charge in [0.2, 0.25) is 0 Å². The molecule has 100 valence electrons. The summed E-state index contributed by atoms with van der Waals surface area (Å²) in [5.74, 6) is 2.38. The highest BCUT2D eigenvalue weighted by molar-refractivity contribution is 7.99. The fraction of sp³-hybridized carbons (Fsp3) is 0.923. The molecule has 5 heteroatoms. The molecule has 3 aliphatic rings. The normalized spacial score (nSPS) is 41.9. The van der Waals surface area contributed by atoms with E-state index in [1.807, 2.05) is 11.8 Å². The molecule has 0 bridgehead atoms. The summed E-state index contributed by atoms with van der Waals surface area (Å²) in [6.07, 6.45) is 3.40. The lowest BCUT2D eigenvalue weighted by molar-refractivity contribution is -0.0941. The number of hydrogen-bond donors (Lipinski definition) is 1. The summed E-state index contributed by atoms with van der Waals surface area (Å²) in [5.41, 5.74) is 0.123. The van der Waals surface area contributed by atoms with E-state index < -0.39 is 0 Å². The Morgan fingerprint density at radius 2 is 2.44 bits per heavy atom. The van der Waals surface area contributed by atoms with E-state index in [1.165, 1.54) is 12.2 Å². The molecule has 3 fully saturated rings. The van der Waals surface area contributed by atoms with Crippen molar-refractivity contribution in [3.63, 3.8) is 0 Å². The van der Waals surface area contributed by atoms with E-state index in [-0.39, 0.29) is 11.6 Å². The molecule has 4 nitrogen and oxygen atoms in total. The lowest BCUT2D eigenvalue weighted by Crippen LogP contribution is -2.58. The van der Waals surface area contributed by atoms with Crippen molar-refractivity contribution in [3.8, 4) is 6.07 Å². The Morgan fingerprint density at radius 1 is 1.50 bits per heavy atom. The van der Waals surface area contributed by atoms with Crippen LogP contribution in [0, 0.1) is 11.3 Å². The molecule has 0 aromatic rings. The van der Waals surface area contributed by atoms with Crippen LogP contribution in [0.1, 0.15) is 19.3 Å². The number of ether oxygens (including phenoxy) is 1. The molecule has 3 atom stereocenters. The minimum absolute atomic E-state index is 0.0490. The van der Waals surface area contributed by atoms with Crippen LogP contribution in [-0.2, 0) is 4.74 Å². The molecule has 1 spiro atoms. The van der Waals surface area contributed by atoms with Crippen molar-refractivity contribution >= 4 is 11.8 Å². The van der Waals surface area contributed by atoms with E-state index in [0.717, 1.165) is 44.8 Å². The summed E-state index contributed by atoms with van der Waals surface area (Å²) in [6, 6.07) is 3.04. The highest BCUT2D eigenvalue weighted by Crippen LogP contribution is 2.39. The highest BCUT2D eigenvalue weighted by Gasteiger charge is 2.43. The first kappa shape index (κ1) is 12.7. The first-order valence-corrected chi connectivity index (χ1v) is 8.06. The molecular formula is C13H21N3OS. The minimum atomic E-state index is 0.0490. The Bertz CT molecular complexity index is 338. The summed E-state index contributed by atoms with van der Waals surface area (Å²) in [6.45, 7) is 3.70. The lowest BCUT2D eigenvalue weighted by Gasteiger charge is -2.45. The first-order valence-electron chi connectivity index (χ1n) is 6.91. The van der Waals surface area contributed by atoms with Crippen molar-refractivity contribution in [2.24, 2.45) is 0 Å². The van der Waals surface area contributed by atoms with Gasteiger partial charge in [-0.25, -0.2) is 0 Å². The molecule has 3 saturated heterocycles. The Labute approximate surface area is 113 Å². The molecule has 0 saturated carbocycles. The fourth-order valence-corrected chi connectivity index (χ4v) is 4.80. The zero-order valence-corrected chi connectivity index (χ0v) is 11.5. The molecule has 1 N–H and O–H groups in total. The molecule has 3 unspecified atom stereocenters. The van der Waals surface area contributed by atoms with Crippen LogP contribution in [0.15, 0.2) is 0 Å². The van der Waals surface area contributed by atoms with Crippen molar-refractivity contribution in [1.82, 2.24) is 10.2 Å². The van der Waals surface area contributed by atoms with Gasteiger partial charge in [0.05, 0.1) is 11.7 Å². The first-order chi connectivity index (χ1) is 8.83. The Morgan fingerprint density at radius 3 is 3.22 bits per heavy atom. The van der Waals surface area contributed by atoms with Crippen LogP contribution < -0.4 is 5.32 Å². The largest absolute Gasteiger partial charge is 0.374 e. The molecule has 3 aliphatic heterocycles. The molecule has 3 rings (SSSR count). The highest BCUT2D eigenvalue weighted by atomic mass is 32.2. The maximum Gasteiger partial charge on any atom is 0.111 e.